The normalized spacial score (nSPS) is 10.8. The van der Waals surface area contributed by atoms with Gasteiger partial charge in [-0.05, 0) is 55.8 Å². The number of benzene rings is 2. The van der Waals surface area contributed by atoms with E-state index in [0.717, 1.165) is 41.3 Å². The van der Waals surface area contributed by atoms with E-state index in [4.69, 9.17) is 0 Å². The lowest BCUT2D eigenvalue weighted by molar-refractivity contribution is 0.102. The molecule has 2 aromatic carbocycles. The van der Waals surface area contributed by atoms with Crippen molar-refractivity contribution in [3.05, 3.63) is 82.7 Å². The summed E-state index contributed by atoms with van der Waals surface area (Å²) in [5.41, 5.74) is 5.83. The highest BCUT2D eigenvalue weighted by atomic mass is 16.1. The average Bonchev–Trinajstić information content (AvgIpc) is 2.98. The molecule has 1 aromatic heterocycles. The van der Waals surface area contributed by atoms with E-state index < -0.39 is 0 Å². The van der Waals surface area contributed by atoms with E-state index in [0.29, 0.717) is 12.1 Å². The Kier molecular flexibility index (Phi) is 6.04. The molecule has 0 saturated carbocycles. The first-order valence-corrected chi connectivity index (χ1v) is 9.26. The molecule has 5 nitrogen and oxygen atoms in total. The smallest absolute Gasteiger partial charge is 0.255 e. The van der Waals surface area contributed by atoms with Crippen molar-refractivity contribution in [3.63, 3.8) is 0 Å². The van der Waals surface area contributed by atoms with Gasteiger partial charge in [-0.3, -0.25) is 9.48 Å². The number of para-hydroxylation sites is 1. The van der Waals surface area contributed by atoms with Crippen molar-refractivity contribution in [2.75, 3.05) is 11.9 Å². The molecule has 5 heteroatoms. The zero-order valence-corrected chi connectivity index (χ0v) is 16.1. The van der Waals surface area contributed by atoms with E-state index in [2.05, 4.69) is 28.7 Å². The summed E-state index contributed by atoms with van der Waals surface area (Å²) in [5, 5.41) is 10.8. The third kappa shape index (κ3) is 4.83. The maximum atomic E-state index is 12.6. The summed E-state index contributed by atoms with van der Waals surface area (Å²) in [5.74, 6) is -0.100. The van der Waals surface area contributed by atoms with Crippen LogP contribution in [0.15, 0.2) is 54.6 Å². The lowest BCUT2D eigenvalue weighted by Crippen LogP contribution is -2.17. The molecule has 0 aliphatic rings. The minimum Gasteiger partial charge on any atom is -0.322 e. The van der Waals surface area contributed by atoms with Gasteiger partial charge in [0.1, 0.15) is 0 Å². The van der Waals surface area contributed by atoms with Crippen LogP contribution >= 0.6 is 0 Å². The van der Waals surface area contributed by atoms with E-state index in [1.165, 1.54) is 0 Å². The fourth-order valence-corrected chi connectivity index (χ4v) is 3.02. The van der Waals surface area contributed by atoms with E-state index in [1.807, 2.05) is 67.1 Å². The summed E-state index contributed by atoms with van der Waals surface area (Å²) in [4.78, 5) is 12.6. The number of carbonyl (C=O) groups excluding carboxylic acids is 1. The van der Waals surface area contributed by atoms with E-state index in [1.54, 1.807) is 0 Å². The van der Waals surface area contributed by atoms with Crippen molar-refractivity contribution in [2.24, 2.45) is 0 Å². The number of hydrogen-bond donors (Lipinski definition) is 2. The summed E-state index contributed by atoms with van der Waals surface area (Å²) in [6.45, 7) is 8.42. The van der Waals surface area contributed by atoms with Gasteiger partial charge >= 0.3 is 0 Å². The van der Waals surface area contributed by atoms with Gasteiger partial charge in [-0.1, -0.05) is 37.3 Å². The van der Waals surface area contributed by atoms with Gasteiger partial charge in [-0.15, -0.1) is 0 Å². The third-order valence-corrected chi connectivity index (χ3v) is 4.48. The Morgan fingerprint density at radius 2 is 1.81 bits per heavy atom. The van der Waals surface area contributed by atoms with Crippen molar-refractivity contribution < 1.29 is 4.79 Å². The minimum absolute atomic E-state index is 0.100. The summed E-state index contributed by atoms with van der Waals surface area (Å²) in [6.07, 6.45) is 0. The first-order chi connectivity index (χ1) is 13.1. The number of rotatable bonds is 7. The van der Waals surface area contributed by atoms with Gasteiger partial charge in [0, 0.05) is 23.5 Å². The second-order valence-electron chi connectivity index (χ2n) is 6.67. The lowest BCUT2D eigenvalue weighted by atomic mass is 10.1. The molecule has 0 unspecified atom stereocenters. The number of hydrogen-bond acceptors (Lipinski definition) is 3. The molecule has 1 amide bonds. The maximum Gasteiger partial charge on any atom is 0.255 e. The molecule has 0 fully saturated rings. The Balaban J connectivity index is 1.68. The maximum absolute atomic E-state index is 12.6. The van der Waals surface area contributed by atoms with E-state index in [9.17, 15) is 4.79 Å². The van der Waals surface area contributed by atoms with Crippen LogP contribution in [0.1, 0.15) is 39.8 Å². The van der Waals surface area contributed by atoms with Crippen molar-refractivity contribution >= 4 is 11.6 Å². The number of aryl methyl sites for hydroxylation is 2. The van der Waals surface area contributed by atoms with Crippen molar-refractivity contribution in [1.82, 2.24) is 15.1 Å². The van der Waals surface area contributed by atoms with Crippen LogP contribution < -0.4 is 10.6 Å². The Bertz CT molecular complexity index is 912. The zero-order valence-electron chi connectivity index (χ0n) is 16.1. The molecule has 0 atom stereocenters. The standard InChI is InChI=1S/C22H26N4O/c1-4-23-14-20-7-5-6-8-21(20)24-22(27)19-11-9-18(10-12-19)15-26-17(3)13-16(2)25-26/h5-13,23H,4,14-15H2,1-3H3,(H,24,27). The van der Waals surface area contributed by atoms with Gasteiger partial charge in [0.25, 0.3) is 5.91 Å². The molecular weight excluding hydrogens is 336 g/mol. The second kappa shape index (κ2) is 8.64. The predicted octanol–water partition coefficient (Wildman–Crippen LogP) is 3.91. The minimum atomic E-state index is -0.100. The van der Waals surface area contributed by atoms with E-state index in [-0.39, 0.29) is 5.91 Å². The number of anilines is 1. The van der Waals surface area contributed by atoms with Crippen LogP contribution in [0.3, 0.4) is 0 Å². The van der Waals surface area contributed by atoms with Gasteiger partial charge in [0.15, 0.2) is 0 Å². The first kappa shape index (κ1) is 18.9. The van der Waals surface area contributed by atoms with Crippen LogP contribution in [-0.4, -0.2) is 22.2 Å². The molecule has 140 valence electrons. The highest BCUT2D eigenvalue weighted by Gasteiger charge is 2.09. The molecule has 2 N–H and O–H groups in total. The highest BCUT2D eigenvalue weighted by Crippen LogP contribution is 2.17. The van der Waals surface area contributed by atoms with Crippen LogP contribution in [0.4, 0.5) is 5.69 Å². The molecule has 0 aliphatic carbocycles. The van der Waals surface area contributed by atoms with Crippen LogP contribution in [0.25, 0.3) is 0 Å². The Hall–Kier alpha value is -2.92. The number of amides is 1. The monoisotopic (exact) mass is 362 g/mol. The molecule has 0 aliphatic heterocycles. The Labute approximate surface area is 160 Å². The third-order valence-electron chi connectivity index (χ3n) is 4.48. The quantitative estimate of drug-likeness (QED) is 0.670. The Morgan fingerprint density at radius 3 is 2.48 bits per heavy atom. The van der Waals surface area contributed by atoms with Gasteiger partial charge in [-0.25, -0.2) is 0 Å². The average molecular weight is 362 g/mol. The summed E-state index contributed by atoms with van der Waals surface area (Å²) < 4.78 is 1.97. The molecular formula is C22H26N4O. The van der Waals surface area contributed by atoms with Gasteiger partial charge in [-0.2, -0.15) is 5.10 Å². The summed E-state index contributed by atoms with van der Waals surface area (Å²) >= 11 is 0. The predicted molar refractivity (Wildman–Crippen MR) is 109 cm³/mol. The fourth-order valence-electron chi connectivity index (χ4n) is 3.02. The SMILES string of the molecule is CCNCc1ccccc1NC(=O)c1ccc(Cn2nc(C)cc2C)cc1. The molecule has 0 spiro atoms. The fraction of sp³-hybridized carbons (Fsp3) is 0.273. The lowest BCUT2D eigenvalue weighted by Gasteiger charge is -2.12. The van der Waals surface area contributed by atoms with Crippen molar-refractivity contribution in [1.29, 1.82) is 0 Å². The van der Waals surface area contributed by atoms with Crippen molar-refractivity contribution in [3.8, 4) is 0 Å². The summed E-state index contributed by atoms with van der Waals surface area (Å²) in [6, 6.07) is 17.6. The molecule has 0 radical (unpaired) electrons. The number of carbonyl (C=O) groups is 1. The molecule has 3 rings (SSSR count). The van der Waals surface area contributed by atoms with Crippen LogP contribution in [-0.2, 0) is 13.1 Å². The highest BCUT2D eigenvalue weighted by molar-refractivity contribution is 6.04. The molecule has 1 heterocycles. The van der Waals surface area contributed by atoms with Gasteiger partial charge in [0.2, 0.25) is 0 Å². The van der Waals surface area contributed by atoms with Crippen LogP contribution in [0.5, 0.6) is 0 Å². The Morgan fingerprint density at radius 1 is 1.07 bits per heavy atom. The molecule has 0 saturated heterocycles. The largest absolute Gasteiger partial charge is 0.322 e. The number of aromatic nitrogens is 2. The number of nitrogens with zero attached hydrogens (tertiary/aromatic N) is 2. The topological polar surface area (TPSA) is 58.9 Å². The van der Waals surface area contributed by atoms with Gasteiger partial charge in [0.05, 0.1) is 12.2 Å². The van der Waals surface area contributed by atoms with Crippen LogP contribution in [0.2, 0.25) is 0 Å². The summed E-state index contributed by atoms with van der Waals surface area (Å²) in [7, 11) is 0. The van der Waals surface area contributed by atoms with Gasteiger partial charge < -0.3 is 10.6 Å². The molecule has 3 aromatic rings. The second-order valence-corrected chi connectivity index (χ2v) is 6.67. The number of nitrogens with one attached hydrogen (secondary N) is 2. The first-order valence-electron chi connectivity index (χ1n) is 9.26. The molecule has 0 bridgehead atoms. The van der Waals surface area contributed by atoms with Crippen molar-refractivity contribution in [2.45, 2.75) is 33.9 Å². The molecule has 27 heavy (non-hydrogen) atoms. The zero-order chi connectivity index (χ0) is 19.2. The van der Waals surface area contributed by atoms with E-state index >= 15 is 0 Å². The van der Waals surface area contributed by atoms with Crippen LogP contribution in [0, 0.1) is 13.8 Å².